The summed E-state index contributed by atoms with van der Waals surface area (Å²) < 4.78 is 4.94. The van der Waals surface area contributed by atoms with E-state index in [1.807, 2.05) is 24.3 Å². The molecular formula is C11H12N2O2. The van der Waals surface area contributed by atoms with Gasteiger partial charge in [-0.3, -0.25) is 5.10 Å². The van der Waals surface area contributed by atoms with Crippen LogP contribution in [0.2, 0.25) is 0 Å². The molecule has 4 heteroatoms. The Bertz CT molecular complexity index is 406. The molecule has 0 aromatic carbocycles. The lowest BCUT2D eigenvalue weighted by Gasteiger charge is -2.05. The largest absolute Gasteiger partial charge is 0.462 e. The molecular weight excluding hydrogens is 192 g/mol. The molecule has 0 atom stereocenters. The molecule has 1 N–H and O–H groups in total. The Morgan fingerprint density at radius 2 is 2.27 bits per heavy atom. The third-order valence-electron chi connectivity index (χ3n) is 2.25. The smallest absolute Gasteiger partial charge is 0.341 e. The van der Waals surface area contributed by atoms with E-state index in [4.69, 9.17) is 4.74 Å². The standard InChI is InChI=1S/C11H12N2O2/c1-2-15-11(14)9-7-12-13-10(9)8-5-3-4-6-8/h3-8H,2H2,1H3,(H,12,13). The van der Waals surface area contributed by atoms with E-state index in [2.05, 4.69) is 10.2 Å². The van der Waals surface area contributed by atoms with Crippen molar-refractivity contribution in [3.63, 3.8) is 0 Å². The van der Waals surface area contributed by atoms with Crippen LogP contribution in [0, 0.1) is 0 Å². The average molecular weight is 204 g/mol. The van der Waals surface area contributed by atoms with Crippen LogP contribution in [-0.4, -0.2) is 22.8 Å². The van der Waals surface area contributed by atoms with Crippen molar-refractivity contribution in [3.05, 3.63) is 41.8 Å². The summed E-state index contributed by atoms with van der Waals surface area (Å²) in [6.45, 7) is 2.16. The van der Waals surface area contributed by atoms with Gasteiger partial charge in [-0.15, -0.1) is 0 Å². The van der Waals surface area contributed by atoms with Crippen LogP contribution in [0.4, 0.5) is 0 Å². The van der Waals surface area contributed by atoms with Gasteiger partial charge in [0.15, 0.2) is 0 Å². The van der Waals surface area contributed by atoms with E-state index in [9.17, 15) is 4.79 Å². The van der Waals surface area contributed by atoms with Crippen molar-refractivity contribution < 1.29 is 9.53 Å². The molecule has 15 heavy (non-hydrogen) atoms. The van der Waals surface area contributed by atoms with Gasteiger partial charge < -0.3 is 4.74 Å². The monoisotopic (exact) mass is 204 g/mol. The van der Waals surface area contributed by atoms with Gasteiger partial charge in [-0.2, -0.15) is 5.10 Å². The lowest BCUT2D eigenvalue weighted by atomic mass is 10.0. The molecule has 0 amide bonds. The summed E-state index contributed by atoms with van der Waals surface area (Å²) in [4.78, 5) is 11.6. The zero-order chi connectivity index (χ0) is 10.7. The summed E-state index contributed by atoms with van der Waals surface area (Å²) in [6.07, 6.45) is 9.39. The first-order valence-corrected chi connectivity index (χ1v) is 4.88. The summed E-state index contributed by atoms with van der Waals surface area (Å²) in [6, 6.07) is 0. The predicted octanol–water partition coefficient (Wildman–Crippen LogP) is 1.80. The lowest BCUT2D eigenvalue weighted by molar-refractivity contribution is 0.0525. The summed E-state index contributed by atoms with van der Waals surface area (Å²) in [5.41, 5.74) is 1.30. The topological polar surface area (TPSA) is 55.0 Å². The molecule has 0 bridgehead atoms. The van der Waals surface area contributed by atoms with Gasteiger partial charge in [-0.1, -0.05) is 24.3 Å². The molecule has 0 spiro atoms. The number of aromatic nitrogens is 2. The van der Waals surface area contributed by atoms with Crippen LogP contribution >= 0.6 is 0 Å². The van der Waals surface area contributed by atoms with E-state index in [1.165, 1.54) is 6.20 Å². The Balaban J connectivity index is 2.25. The molecule has 1 aromatic heterocycles. The van der Waals surface area contributed by atoms with Crippen molar-refractivity contribution in [1.29, 1.82) is 0 Å². The van der Waals surface area contributed by atoms with Crippen molar-refractivity contribution in [3.8, 4) is 0 Å². The number of nitrogens with zero attached hydrogens (tertiary/aromatic N) is 1. The summed E-state index contributed by atoms with van der Waals surface area (Å²) >= 11 is 0. The van der Waals surface area contributed by atoms with Gasteiger partial charge in [-0.05, 0) is 6.92 Å². The van der Waals surface area contributed by atoms with Crippen LogP contribution < -0.4 is 0 Å². The van der Waals surface area contributed by atoms with Crippen LogP contribution in [0.5, 0.6) is 0 Å². The maximum absolute atomic E-state index is 11.6. The number of carbonyl (C=O) groups excluding carboxylic acids is 1. The van der Waals surface area contributed by atoms with Crippen molar-refractivity contribution in [1.82, 2.24) is 10.2 Å². The summed E-state index contributed by atoms with van der Waals surface area (Å²) in [5, 5.41) is 6.71. The maximum atomic E-state index is 11.6. The maximum Gasteiger partial charge on any atom is 0.341 e. The number of allylic oxidation sites excluding steroid dienone is 4. The highest BCUT2D eigenvalue weighted by molar-refractivity contribution is 5.90. The third-order valence-corrected chi connectivity index (χ3v) is 2.25. The van der Waals surface area contributed by atoms with E-state index >= 15 is 0 Å². The van der Waals surface area contributed by atoms with Crippen molar-refractivity contribution >= 4 is 5.97 Å². The molecule has 1 aliphatic rings. The van der Waals surface area contributed by atoms with Gasteiger partial charge in [0, 0.05) is 5.92 Å². The van der Waals surface area contributed by atoms with E-state index < -0.39 is 0 Å². The van der Waals surface area contributed by atoms with Crippen molar-refractivity contribution in [2.75, 3.05) is 6.61 Å². The van der Waals surface area contributed by atoms with E-state index in [0.717, 1.165) is 5.69 Å². The Labute approximate surface area is 87.6 Å². The van der Waals surface area contributed by atoms with E-state index in [0.29, 0.717) is 12.2 Å². The van der Waals surface area contributed by atoms with Crippen LogP contribution in [0.3, 0.4) is 0 Å². The molecule has 0 aliphatic heterocycles. The Hall–Kier alpha value is -1.84. The Morgan fingerprint density at radius 1 is 1.53 bits per heavy atom. The number of ether oxygens (including phenoxy) is 1. The number of hydrogen-bond acceptors (Lipinski definition) is 3. The normalized spacial score (nSPS) is 14.7. The second-order valence-electron chi connectivity index (χ2n) is 3.21. The number of esters is 1. The second-order valence-corrected chi connectivity index (χ2v) is 3.21. The summed E-state index contributed by atoms with van der Waals surface area (Å²) in [5.74, 6) is -0.221. The quantitative estimate of drug-likeness (QED) is 0.764. The minimum absolute atomic E-state index is 0.104. The second kappa shape index (κ2) is 4.13. The van der Waals surface area contributed by atoms with E-state index in [-0.39, 0.29) is 11.9 Å². The number of H-pyrrole nitrogens is 1. The first-order chi connectivity index (χ1) is 7.33. The van der Waals surface area contributed by atoms with Gasteiger partial charge in [0.05, 0.1) is 18.5 Å². The molecule has 1 heterocycles. The minimum atomic E-state index is -0.324. The van der Waals surface area contributed by atoms with Crippen LogP contribution in [0.1, 0.15) is 28.9 Å². The molecule has 78 valence electrons. The Morgan fingerprint density at radius 3 is 2.93 bits per heavy atom. The lowest BCUT2D eigenvalue weighted by Crippen LogP contribution is -2.07. The van der Waals surface area contributed by atoms with Gasteiger partial charge in [-0.25, -0.2) is 4.79 Å². The minimum Gasteiger partial charge on any atom is -0.462 e. The Kier molecular flexibility index (Phi) is 2.67. The van der Waals surface area contributed by atoms with Gasteiger partial charge in [0.1, 0.15) is 5.56 Å². The summed E-state index contributed by atoms with van der Waals surface area (Å²) in [7, 11) is 0. The van der Waals surface area contributed by atoms with Gasteiger partial charge in [0.2, 0.25) is 0 Å². The highest BCUT2D eigenvalue weighted by Gasteiger charge is 2.19. The molecule has 2 rings (SSSR count). The molecule has 0 saturated carbocycles. The van der Waals surface area contributed by atoms with Gasteiger partial charge in [0.25, 0.3) is 0 Å². The number of hydrogen-bond donors (Lipinski definition) is 1. The first-order valence-electron chi connectivity index (χ1n) is 4.88. The molecule has 0 radical (unpaired) electrons. The molecule has 0 unspecified atom stereocenters. The fourth-order valence-corrected chi connectivity index (χ4v) is 1.55. The molecule has 0 saturated heterocycles. The number of rotatable bonds is 3. The van der Waals surface area contributed by atoms with Crippen LogP contribution in [0.25, 0.3) is 0 Å². The number of nitrogens with one attached hydrogen (secondary N) is 1. The van der Waals surface area contributed by atoms with Gasteiger partial charge >= 0.3 is 5.97 Å². The first kappa shape index (κ1) is 9.71. The molecule has 1 aliphatic carbocycles. The third kappa shape index (κ3) is 1.83. The average Bonchev–Trinajstić information content (AvgIpc) is 2.88. The fourth-order valence-electron chi connectivity index (χ4n) is 1.55. The van der Waals surface area contributed by atoms with Crippen LogP contribution in [-0.2, 0) is 4.74 Å². The zero-order valence-corrected chi connectivity index (χ0v) is 8.43. The number of carbonyl (C=O) groups is 1. The van der Waals surface area contributed by atoms with Crippen molar-refractivity contribution in [2.24, 2.45) is 0 Å². The molecule has 1 aromatic rings. The highest BCUT2D eigenvalue weighted by atomic mass is 16.5. The molecule has 0 fully saturated rings. The molecule has 4 nitrogen and oxygen atoms in total. The fraction of sp³-hybridized carbons (Fsp3) is 0.273. The van der Waals surface area contributed by atoms with Crippen LogP contribution in [0.15, 0.2) is 30.5 Å². The van der Waals surface area contributed by atoms with Crippen molar-refractivity contribution in [2.45, 2.75) is 12.8 Å². The highest BCUT2D eigenvalue weighted by Crippen LogP contribution is 2.24. The predicted molar refractivity (Wildman–Crippen MR) is 55.6 cm³/mol. The number of aromatic amines is 1. The SMILES string of the molecule is CCOC(=O)c1cn[nH]c1C1C=CC=C1. The van der Waals surface area contributed by atoms with E-state index in [1.54, 1.807) is 6.92 Å². The zero-order valence-electron chi connectivity index (χ0n) is 8.43.